The molecule has 1 fully saturated rings. The Morgan fingerprint density at radius 1 is 1.10 bits per heavy atom. The van der Waals surface area contributed by atoms with Crippen molar-refractivity contribution in [3.05, 3.63) is 83.7 Å². The number of benzene rings is 3. The molecule has 0 radical (unpaired) electrons. The van der Waals surface area contributed by atoms with Crippen molar-refractivity contribution in [1.29, 1.82) is 0 Å². The second-order valence-corrected chi connectivity index (χ2v) is 7.90. The van der Waals surface area contributed by atoms with Crippen LogP contribution in [-0.2, 0) is 11.3 Å². The zero-order valence-electron chi connectivity index (χ0n) is 17.1. The molecule has 0 bridgehead atoms. The molecule has 0 aliphatic carbocycles. The van der Waals surface area contributed by atoms with Crippen LogP contribution in [0.25, 0.3) is 16.8 Å². The second kappa shape index (κ2) is 8.67. The number of carbonyl (C=O) groups excluding carboxylic acids is 1. The van der Waals surface area contributed by atoms with Gasteiger partial charge in [0.15, 0.2) is 0 Å². The van der Waals surface area contributed by atoms with Crippen LogP contribution in [0.1, 0.15) is 18.1 Å². The lowest BCUT2D eigenvalue weighted by Crippen LogP contribution is -2.53. The maximum absolute atomic E-state index is 13.1. The SMILES string of the molecule is C[C@@H]1CN(Cc2ccc(F)cc2)CCN1C(=O)/C=C/c1cc2ccccc2cc1N. The van der Waals surface area contributed by atoms with Crippen molar-refractivity contribution < 1.29 is 9.18 Å². The minimum absolute atomic E-state index is 0.00325. The fourth-order valence-corrected chi connectivity index (χ4v) is 4.03. The van der Waals surface area contributed by atoms with Gasteiger partial charge in [0.25, 0.3) is 0 Å². The van der Waals surface area contributed by atoms with Gasteiger partial charge in [0.1, 0.15) is 5.82 Å². The molecule has 154 valence electrons. The molecular weight excluding hydrogens is 377 g/mol. The van der Waals surface area contributed by atoms with Crippen molar-refractivity contribution >= 4 is 28.4 Å². The van der Waals surface area contributed by atoms with E-state index in [0.29, 0.717) is 12.2 Å². The van der Waals surface area contributed by atoms with E-state index < -0.39 is 0 Å². The van der Waals surface area contributed by atoms with Gasteiger partial charge in [-0.25, -0.2) is 4.39 Å². The van der Waals surface area contributed by atoms with E-state index in [1.165, 1.54) is 12.1 Å². The number of amides is 1. The van der Waals surface area contributed by atoms with Crippen LogP contribution in [0.4, 0.5) is 10.1 Å². The molecule has 30 heavy (non-hydrogen) atoms. The van der Waals surface area contributed by atoms with Crippen LogP contribution in [-0.4, -0.2) is 41.4 Å². The maximum Gasteiger partial charge on any atom is 0.246 e. The van der Waals surface area contributed by atoms with Gasteiger partial charge >= 0.3 is 0 Å². The summed E-state index contributed by atoms with van der Waals surface area (Å²) in [5.41, 5.74) is 8.77. The number of rotatable bonds is 4. The highest BCUT2D eigenvalue weighted by atomic mass is 19.1. The summed E-state index contributed by atoms with van der Waals surface area (Å²) in [5, 5.41) is 2.19. The Kier molecular flexibility index (Phi) is 5.81. The third-order valence-electron chi connectivity index (χ3n) is 5.67. The van der Waals surface area contributed by atoms with Gasteiger partial charge in [-0.15, -0.1) is 0 Å². The fourth-order valence-electron chi connectivity index (χ4n) is 4.03. The molecule has 1 aliphatic rings. The lowest BCUT2D eigenvalue weighted by Gasteiger charge is -2.39. The molecule has 1 saturated heterocycles. The molecule has 3 aromatic carbocycles. The number of anilines is 1. The van der Waals surface area contributed by atoms with Crippen LogP contribution in [0.5, 0.6) is 0 Å². The molecule has 4 rings (SSSR count). The molecule has 1 aliphatic heterocycles. The van der Waals surface area contributed by atoms with E-state index in [4.69, 9.17) is 5.73 Å². The maximum atomic E-state index is 13.1. The number of nitrogen functional groups attached to an aromatic ring is 1. The van der Waals surface area contributed by atoms with Crippen LogP contribution in [0.15, 0.2) is 66.7 Å². The van der Waals surface area contributed by atoms with Crippen molar-refractivity contribution in [3.63, 3.8) is 0 Å². The van der Waals surface area contributed by atoms with Crippen molar-refractivity contribution in [2.24, 2.45) is 0 Å². The Labute approximate surface area is 176 Å². The minimum atomic E-state index is -0.221. The quantitative estimate of drug-likeness (QED) is 0.522. The summed E-state index contributed by atoms with van der Waals surface area (Å²) in [6.45, 7) is 5.07. The van der Waals surface area contributed by atoms with Crippen molar-refractivity contribution in [2.45, 2.75) is 19.5 Å². The molecule has 0 aromatic heterocycles. The lowest BCUT2D eigenvalue weighted by atomic mass is 10.0. The monoisotopic (exact) mass is 403 g/mol. The smallest absolute Gasteiger partial charge is 0.246 e. The molecule has 0 spiro atoms. The van der Waals surface area contributed by atoms with Crippen LogP contribution in [0.2, 0.25) is 0 Å². The number of piperazine rings is 1. The average Bonchev–Trinajstić information content (AvgIpc) is 2.74. The minimum Gasteiger partial charge on any atom is -0.398 e. The standard InChI is InChI=1S/C25H26FN3O/c1-18-16-28(17-19-6-9-23(26)10-7-19)12-13-29(18)25(30)11-8-22-14-20-4-2-3-5-21(20)15-24(22)27/h2-11,14-15,18H,12-13,16-17,27H2,1H3/b11-8+/t18-/m1/s1. The van der Waals surface area contributed by atoms with Crippen LogP contribution < -0.4 is 5.73 Å². The number of carbonyl (C=O) groups is 1. The molecule has 1 atom stereocenters. The van der Waals surface area contributed by atoms with E-state index in [2.05, 4.69) is 11.8 Å². The molecule has 0 unspecified atom stereocenters. The molecule has 5 heteroatoms. The molecule has 0 saturated carbocycles. The molecular formula is C25H26FN3O. The predicted octanol–water partition coefficient (Wildman–Crippen LogP) is 4.31. The third-order valence-corrected chi connectivity index (χ3v) is 5.67. The third kappa shape index (κ3) is 4.52. The van der Waals surface area contributed by atoms with Crippen molar-refractivity contribution in [1.82, 2.24) is 9.80 Å². The Balaban J connectivity index is 1.39. The Morgan fingerprint density at radius 3 is 2.50 bits per heavy atom. The van der Waals surface area contributed by atoms with Gasteiger partial charge in [-0.1, -0.05) is 36.4 Å². The van der Waals surface area contributed by atoms with Gasteiger partial charge in [-0.05, 0) is 59.2 Å². The van der Waals surface area contributed by atoms with Gasteiger partial charge in [0.05, 0.1) is 0 Å². The van der Waals surface area contributed by atoms with E-state index in [9.17, 15) is 9.18 Å². The topological polar surface area (TPSA) is 49.6 Å². The Morgan fingerprint density at radius 2 is 1.80 bits per heavy atom. The number of nitrogens with two attached hydrogens (primary N) is 1. The Hall–Kier alpha value is -3.18. The summed E-state index contributed by atoms with van der Waals surface area (Å²) < 4.78 is 13.1. The molecule has 1 heterocycles. The summed E-state index contributed by atoms with van der Waals surface area (Å²) in [6, 6.07) is 18.7. The summed E-state index contributed by atoms with van der Waals surface area (Å²) in [7, 11) is 0. The molecule has 1 amide bonds. The highest BCUT2D eigenvalue weighted by Crippen LogP contribution is 2.23. The summed E-state index contributed by atoms with van der Waals surface area (Å²) >= 11 is 0. The zero-order chi connectivity index (χ0) is 21.1. The highest BCUT2D eigenvalue weighted by Gasteiger charge is 2.26. The Bertz CT molecular complexity index is 1080. The van der Waals surface area contributed by atoms with Crippen LogP contribution >= 0.6 is 0 Å². The van der Waals surface area contributed by atoms with Crippen molar-refractivity contribution in [3.8, 4) is 0 Å². The summed E-state index contributed by atoms with van der Waals surface area (Å²) in [6.07, 6.45) is 3.42. The first kappa shape index (κ1) is 20.1. The molecule has 4 nitrogen and oxygen atoms in total. The van der Waals surface area contributed by atoms with E-state index in [-0.39, 0.29) is 17.8 Å². The summed E-state index contributed by atoms with van der Waals surface area (Å²) in [4.78, 5) is 17.0. The van der Waals surface area contributed by atoms with Gasteiger partial charge in [-0.3, -0.25) is 9.69 Å². The first-order valence-electron chi connectivity index (χ1n) is 10.2. The lowest BCUT2D eigenvalue weighted by molar-refractivity contribution is -0.130. The average molecular weight is 404 g/mol. The van der Waals surface area contributed by atoms with Gasteiger partial charge in [0.2, 0.25) is 5.91 Å². The van der Waals surface area contributed by atoms with Gasteiger partial charge < -0.3 is 10.6 Å². The second-order valence-electron chi connectivity index (χ2n) is 7.90. The van der Waals surface area contributed by atoms with E-state index >= 15 is 0 Å². The highest BCUT2D eigenvalue weighted by molar-refractivity contribution is 5.95. The largest absolute Gasteiger partial charge is 0.398 e. The predicted molar refractivity (Wildman–Crippen MR) is 120 cm³/mol. The number of fused-ring (bicyclic) bond motifs is 1. The van der Waals surface area contributed by atoms with Crippen LogP contribution in [0.3, 0.4) is 0 Å². The fraction of sp³-hybridized carbons (Fsp3) is 0.240. The zero-order valence-corrected chi connectivity index (χ0v) is 17.1. The van der Waals surface area contributed by atoms with E-state index in [0.717, 1.165) is 41.5 Å². The molecule has 3 aromatic rings. The number of hydrogen-bond acceptors (Lipinski definition) is 3. The number of hydrogen-bond donors (Lipinski definition) is 1. The normalized spacial score (nSPS) is 17.7. The number of nitrogens with zero attached hydrogens (tertiary/aromatic N) is 2. The van der Waals surface area contributed by atoms with Crippen LogP contribution in [0, 0.1) is 5.82 Å². The summed E-state index contributed by atoms with van der Waals surface area (Å²) in [5.74, 6) is -0.224. The van der Waals surface area contributed by atoms with Gasteiger partial charge in [-0.2, -0.15) is 0 Å². The van der Waals surface area contributed by atoms with Gasteiger partial charge in [0, 0.05) is 44.0 Å². The van der Waals surface area contributed by atoms with E-state index in [1.807, 2.05) is 59.5 Å². The van der Waals surface area contributed by atoms with Crippen molar-refractivity contribution in [2.75, 3.05) is 25.4 Å². The number of halogens is 1. The first-order chi connectivity index (χ1) is 14.5. The van der Waals surface area contributed by atoms with E-state index in [1.54, 1.807) is 6.08 Å². The first-order valence-corrected chi connectivity index (χ1v) is 10.2. The molecule has 2 N–H and O–H groups in total.